The molecule has 0 aromatic carbocycles. The van der Waals surface area contributed by atoms with Gasteiger partial charge in [-0.05, 0) is 33.6 Å². The molecule has 0 atom stereocenters. The molecule has 0 radical (unpaired) electrons. The van der Waals surface area contributed by atoms with Gasteiger partial charge in [-0.3, -0.25) is 9.59 Å². The second-order valence-electron chi connectivity index (χ2n) is 5.41. The Morgan fingerprint density at radius 1 is 1.00 bits per heavy atom. The molecule has 0 aliphatic carbocycles. The molecule has 4 heteroatoms. The smallest absolute Gasteiger partial charge is 0.311 e. The summed E-state index contributed by atoms with van der Waals surface area (Å²) in [5.41, 5.74) is -0.349. The number of likely N-dealkylation sites (tertiary alicyclic amines) is 1. The quantitative estimate of drug-likeness (QED) is 0.633. The van der Waals surface area contributed by atoms with Gasteiger partial charge in [0.05, 0.1) is 0 Å². The predicted octanol–water partition coefficient (Wildman–Crippen LogP) is 1.30. The van der Waals surface area contributed by atoms with Crippen LogP contribution in [0.2, 0.25) is 0 Å². The van der Waals surface area contributed by atoms with E-state index in [-0.39, 0.29) is 11.4 Å². The molecule has 0 spiro atoms. The molecule has 1 fully saturated rings. The Hall–Kier alpha value is -1.06. The van der Waals surface area contributed by atoms with Crippen molar-refractivity contribution in [1.29, 1.82) is 0 Å². The zero-order chi connectivity index (χ0) is 12.2. The molecule has 1 aliphatic heterocycles. The molecule has 1 aliphatic rings. The SMILES string of the molecule is CC(C)(C)NC(=O)C(=O)N1CCCCCC1. The summed E-state index contributed by atoms with van der Waals surface area (Å²) in [5, 5.41) is 2.71. The summed E-state index contributed by atoms with van der Waals surface area (Å²) in [6.45, 7) is 7.06. The number of hydrogen-bond donors (Lipinski definition) is 1. The summed E-state index contributed by atoms with van der Waals surface area (Å²) >= 11 is 0. The van der Waals surface area contributed by atoms with Gasteiger partial charge in [0, 0.05) is 18.6 Å². The zero-order valence-corrected chi connectivity index (χ0v) is 10.5. The van der Waals surface area contributed by atoms with E-state index in [2.05, 4.69) is 5.32 Å². The summed E-state index contributed by atoms with van der Waals surface area (Å²) < 4.78 is 0. The summed E-state index contributed by atoms with van der Waals surface area (Å²) in [6.07, 6.45) is 4.33. The van der Waals surface area contributed by atoms with Crippen molar-refractivity contribution in [3.63, 3.8) is 0 Å². The van der Waals surface area contributed by atoms with E-state index in [9.17, 15) is 9.59 Å². The van der Waals surface area contributed by atoms with Gasteiger partial charge in [0.2, 0.25) is 0 Å². The van der Waals surface area contributed by atoms with E-state index in [0.29, 0.717) is 0 Å². The molecular weight excluding hydrogens is 204 g/mol. The maximum absolute atomic E-state index is 11.8. The summed E-state index contributed by atoms with van der Waals surface area (Å²) in [6, 6.07) is 0. The van der Waals surface area contributed by atoms with E-state index < -0.39 is 5.91 Å². The summed E-state index contributed by atoms with van der Waals surface area (Å²) in [7, 11) is 0. The maximum Gasteiger partial charge on any atom is 0.311 e. The standard InChI is InChI=1S/C12H22N2O2/c1-12(2,3)13-10(15)11(16)14-8-6-4-5-7-9-14/h4-9H2,1-3H3,(H,13,15). The first kappa shape index (κ1) is 13.0. The molecule has 16 heavy (non-hydrogen) atoms. The van der Waals surface area contributed by atoms with Crippen LogP contribution in [0.4, 0.5) is 0 Å². The second-order valence-corrected chi connectivity index (χ2v) is 5.41. The van der Waals surface area contributed by atoms with Crippen LogP contribution in [0.1, 0.15) is 46.5 Å². The van der Waals surface area contributed by atoms with Crippen molar-refractivity contribution in [3.8, 4) is 0 Å². The molecule has 1 N–H and O–H groups in total. The van der Waals surface area contributed by atoms with Crippen LogP contribution in [0.25, 0.3) is 0 Å². The monoisotopic (exact) mass is 226 g/mol. The average molecular weight is 226 g/mol. The highest BCUT2D eigenvalue weighted by atomic mass is 16.2. The molecule has 1 saturated heterocycles. The fourth-order valence-electron chi connectivity index (χ4n) is 1.81. The lowest BCUT2D eigenvalue weighted by Gasteiger charge is -2.24. The molecule has 1 heterocycles. The molecule has 0 unspecified atom stereocenters. The van der Waals surface area contributed by atoms with Crippen molar-refractivity contribution in [1.82, 2.24) is 10.2 Å². The van der Waals surface area contributed by atoms with Gasteiger partial charge in [0.25, 0.3) is 0 Å². The third-order valence-electron chi connectivity index (χ3n) is 2.58. The predicted molar refractivity (Wildman–Crippen MR) is 62.9 cm³/mol. The van der Waals surface area contributed by atoms with E-state index in [4.69, 9.17) is 0 Å². The number of rotatable bonds is 0. The number of hydrogen-bond acceptors (Lipinski definition) is 2. The molecule has 2 amide bonds. The molecule has 0 aromatic heterocycles. The minimum atomic E-state index is -0.477. The van der Waals surface area contributed by atoms with Gasteiger partial charge in [0.1, 0.15) is 0 Å². The average Bonchev–Trinajstić information content (AvgIpc) is 2.41. The van der Waals surface area contributed by atoms with Crippen molar-refractivity contribution < 1.29 is 9.59 Å². The van der Waals surface area contributed by atoms with Gasteiger partial charge >= 0.3 is 11.8 Å². The zero-order valence-electron chi connectivity index (χ0n) is 10.5. The van der Waals surface area contributed by atoms with Crippen LogP contribution < -0.4 is 5.32 Å². The summed E-state index contributed by atoms with van der Waals surface area (Å²) in [4.78, 5) is 25.2. The first-order valence-corrected chi connectivity index (χ1v) is 6.01. The lowest BCUT2D eigenvalue weighted by molar-refractivity contribution is -0.146. The first-order valence-electron chi connectivity index (χ1n) is 6.01. The molecule has 4 nitrogen and oxygen atoms in total. The fraction of sp³-hybridized carbons (Fsp3) is 0.833. The fourth-order valence-corrected chi connectivity index (χ4v) is 1.81. The van der Waals surface area contributed by atoms with Crippen molar-refractivity contribution in [3.05, 3.63) is 0 Å². The number of carbonyl (C=O) groups is 2. The molecule has 1 rings (SSSR count). The molecule has 0 saturated carbocycles. The van der Waals surface area contributed by atoms with Gasteiger partial charge in [0.15, 0.2) is 0 Å². The lowest BCUT2D eigenvalue weighted by atomic mass is 10.1. The summed E-state index contributed by atoms with van der Waals surface area (Å²) in [5.74, 6) is -0.855. The highest BCUT2D eigenvalue weighted by molar-refractivity contribution is 6.35. The third-order valence-corrected chi connectivity index (χ3v) is 2.58. The third kappa shape index (κ3) is 4.21. The number of nitrogens with one attached hydrogen (secondary N) is 1. The Bertz CT molecular complexity index is 261. The van der Waals surface area contributed by atoms with Gasteiger partial charge in [-0.25, -0.2) is 0 Å². The Morgan fingerprint density at radius 2 is 1.50 bits per heavy atom. The second kappa shape index (κ2) is 5.32. The maximum atomic E-state index is 11.8. The lowest BCUT2D eigenvalue weighted by Crippen LogP contribution is -2.49. The largest absolute Gasteiger partial charge is 0.343 e. The van der Waals surface area contributed by atoms with Gasteiger partial charge in [-0.2, -0.15) is 0 Å². The molecule has 92 valence electrons. The van der Waals surface area contributed by atoms with Crippen LogP contribution in [0.3, 0.4) is 0 Å². The minimum Gasteiger partial charge on any atom is -0.343 e. The van der Waals surface area contributed by atoms with Crippen molar-refractivity contribution in [2.45, 2.75) is 52.0 Å². The molecule has 0 bridgehead atoms. The van der Waals surface area contributed by atoms with Crippen molar-refractivity contribution >= 4 is 11.8 Å². The van der Waals surface area contributed by atoms with E-state index in [1.54, 1.807) is 4.90 Å². The molecular formula is C12H22N2O2. The number of carbonyl (C=O) groups excluding carboxylic acids is 2. The Morgan fingerprint density at radius 3 is 1.94 bits per heavy atom. The van der Waals surface area contributed by atoms with Crippen LogP contribution in [-0.4, -0.2) is 35.3 Å². The van der Waals surface area contributed by atoms with Crippen LogP contribution in [0.15, 0.2) is 0 Å². The first-order chi connectivity index (χ1) is 7.40. The van der Waals surface area contributed by atoms with Gasteiger partial charge < -0.3 is 10.2 Å². The van der Waals surface area contributed by atoms with Gasteiger partial charge in [-0.1, -0.05) is 12.8 Å². The van der Waals surface area contributed by atoms with Crippen LogP contribution in [0.5, 0.6) is 0 Å². The van der Waals surface area contributed by atoms with Crippen molar-refractivity contribution in [2.24, 2.45) is 0 Å². The normalized spacial score (nSPS) is 17.8. The minimum absolute atomic E-state index is 0.349. The van der Waals surface area contributed by atoms with Gasteiger partial charge in [-0.15, -0.1) is 0 Å². The highest BCUT2D eigenvalue weighted by Crippen LogP contribution is 2.10. The van der Waals surface area contributed by atoms with E-state index in [1.807, 2.05) is 20.8 Å². The van der Waals surface area contributed by atoms with Crippen LogP contribution >= 0.6 is 0 Å². The number of amides is 2. The molecule has 0 aromatic rings. The van der Waals surface area contributed by atoms with E-state index >= 15 is 0 Å². The Balaban J connectivity index is 2.52. The van der Waals surface area contributed by atoms with Crippen LogP contribution in [0, 0.1) is 0 Å². The Labute approximate surface area is 97.4 Å². The van der Waals surface area contributed by atoms with Crippen molar-refractivity contribution in [2.75, 3.05) is 13.1 Å². The van der Waals surface area contributed by atoms with E-state index in [1.165, 1.54) is 0 Å². The topological polar surface area (TPSA) is 49.4 Å². The van der Waals surface area contributed by atoms with E-state index in [0.717, 1.165) is 38.8 Å². The highest BCUT2D eigenvalue weighted by Gasteiger charge is 2.25. The number of nitrogens with zero attached hydrogens (tertiary/aromatic N) is 1. The van der Waals surface area contributed by atoms with Crippen LogP contribution in [-0.2, 0) is 9.59 Å². The Kier molecular flexibility index (Phi) is 4.33.